The van der Waals surface area contributed by atoms with Gasteiger partial charge in [0.2, 0.25) is 0 Å². The number of esters is 1. The largest absolute Gasteiger partial charge is 0.495 e. The Morgan fingerprint density at radius 3 is 2.48 bits per heavy atom. The highest BCUT2D eigenvalue weighted by atomic mass is 35.5. The molecule has 0 aliphatic heterocycles. The van der Waals surface area contributed by atoms with Gasteiger partial charge in [-0.15, -0.1) is 10.2 Å². The first-order valence-corrected chi connectivity index (χ1v) is 11.8. The number of ether oxygens (including phenoxy) is 2. The van der Waals surface area contributed by atoms with Crippen LogP contribution in [0.15, 0.2) is 41.6 Å². The Kier molecular flexibility index (Phi) is 7.99. The summed E-state index contributed by atoms with van der Waals surface area (Å²) < 4.78 is 12.7. The van der Waals surface area contributed by atoms with Gasteiger partial charge in [0, 0.05) is 16.8 Å². The van der Waals surface area contributed by atoms with Gasteiger partial charge in [-0.3, -0.25) is 9.36 Å². The lowest BCUT2D eigenvalue weighted by Gasteiger charge is -2.18. The number of aromatic nitrogens is 3. The van der Waals surface area contributed by atoms with Gasteiger partial charge in [0.15, 0.2) is 11.3 Å². The number of nitrogens with one attached hydrogen (secondary N) is 1. The van der Waals surface area contributed by atoms with E-state index in [-0.39, 0.29) is 0 Å². The van der Waals surface area contributed by atoms with Crippen molar-refractivity contribution in [3.63, 3.8) is 0 Å². The summed E-state index contributed by atoms with van der Waals surface area (Å²) in [7, 11) is 1.49. The zero-order valence-corrected chi connectivity index (χ0v) is 20.6. The summed E-state index contributed by atoms with van der Waals surface area (Å²) in [4.78, 5) is 25.5. The van der Waals surface area contributed by atoms with Gasteiger partial charge < -0.3 is 14.8 Å². The molecular formula is C23H25ClN4O4S. The number of thioether (sulfide) groups is 1. The fraction of sp³-hybridized carbons (Fsp3) is 0.304. The summed E-state index contributed by atoms with van der Waals surface area (Å²) in [6, 6.07) is 10.2. The fourth-order valence-electron chi connectivity index (χ4n) is 3.18. The lowest BCUT2D eigenvalue weighted by atomic mass is 10.1. The van der Waals surface area contributed by atoms with Crippen LogP contribution < -0.4 is 10.1 Å². The maximum atomic E-state index is 12.8. The Labute approximate surface area is 201 Å². The second kappa shape index (κ2) is 10.7. The van der Waals surface area contributed by atoms with E-state index < -0.39 is 18.0 Å². The number of rotatable bonds is 8. The van der Waals surface area contributed by atoms with Gasteiger partial charge in [-0.25, -0.2) is 4.79 Å². The van der Waals surface area contributed by atoms with E-state index in [2.05, 4.69) is 15.5 Å². The Balaban J connectivity index is 1.72. The minimum absolute atomic E-state index is 0.307. The summed E-state index contributed by atoms with van der Waals surface area (Å²) in [5.74, 6) is 0.121. The van der Waals surface area contributed by atoms with Crippen molar-refractivity contribution in [1.82, 2.24) is 14.8 Å². The Hall–Kier alpha value is -3.04. The van der Waals surface area contributed by atoms with E-state index in [4.69, 9.17) is 21.1 Å². The van der Waals surface area contributed by atoms with Crippen LogP contribution in [0.25, 0.3) is 5.69 Å². The molecule has 1 atom stereocenters. The summed E-state index contributed by atoms with van der Waals surface area (Å²) in [6.45, 7) is 5.45. The molecule has 0 saturated carbocycles. The highest BCUT2D eigenvalue weighted by Crippen LogP contribution is 2.31. The molecule has 10 heteroatoms. The van der Waals surface area contributed by atoms with Crippen LogP contribution in [0.3, 0.4) is 0 Å². The third-order valence-corrected chi connectivity index (χ3v) is 6.03. The first-order valence-electron chi connectivity index (χ1n) is 10.2. The number of hydrogen-bond acceptors (Lipinski definition) is 7. The zero-order chi connectivity index (χ0) is 24.1. The molecule has 0 spiro atoms. The Bertz CT molecular complexity index is 1160. The molecule has 0 aliphatic rings. The van der Waals surface area contributed by atoms with Crippen molar-refractivity contribution in [3.8, 4) is 11.4 Å². The molecule has 1 N–H and O–H groups in total. The molecule has 0 aliphatic carbocycles. The molecule has 3 aromatic rings. The minimum atomic E-state index is -0.971. The van der Waals surface area contributed by atoms with Gasteiger partial charge in [0.25, 0.3) is 5.91 Å². The average Bonchev–Trinajstić information content (AvgIpc) is 3.19. The summed E-state index contributed by atoms with van der Waals surface area (Å²) in [5, 5.41) is 12.2. The molecule has 0 saturated heterocycles. The quantitative estimate of drug-likeness (QED) is 0.358. The number of nitrogens with zero attached hydrogens (tertiary/aromatic N) is 3. The summed E-state index contributed by atoms with van der Waals surface area (Å²) in [5.41, 5.74) is 2.40. The predicted molar refractivity (Wildman–Crippen MR) is 129 cm³/mol. The minimum Gasteiger partial charge on any atom is -0.495 e. The third kappa shape index (κ3) is 5.48. The maximum absolute atomic E-state index is 12.8. The van der Waals surface area contributed by atoms with Crippen LogP contribution in [-0.2, 0) is 9.53 Å². The fourth-order valence-corrected chi connectivity index (χ4v) is 3.88. The van der Waals surface area contributed by atoms with Crippen LogP contribution in [0.1, 0.15) is 35.1 Å². The number of aryl methyl sites for hydroxylation is 2. The average molecular weight is 489 g/mol. The van der Waals surface area contributed by atoms with Crippen LogP contribution in [0, 0.1) is 13.8 Å². The molecule has 174 valence electrons. The van der Waals surface area contributed by atoms with Gasteiger partial charge in [-0.05, 0) is 62.4 Å². The molecule has 1 amide bonds. The number of methoxy groups -OCH3 is 1. The summed E-state index contributed by atoms with van der Waals surface area (Å²) >= 11 is 7.60. The lowest BCUT2D eigenvalue weighted by Crippen LogP contribution is -2.32. The third-order valence-electron chi connectivity index (χ3n) is 4.99. The molecule has 8 nitrogen and oxygen atoms in total. The topological polar surface area (TPSA) is 95.3 Å². The van der Waals surface area contributed by atoms with Crippen LogP contribution in [0.4, 0.5) is 5.69 Å². The zero-order valence-electron chi connectivity index (χ0n) is 19.0. The van der Waals surface area contributed by atoms with Gasteiger partial charge in [0.05, 0.1) is 18.4 Å². The number of halogens is 1. The molecule has 1 heterocycles. The van der Waals surface area contributed by atoms with E-state index in [1.54, 1.807) is 43.3 Å². The van der Waals surface area contributed by atoms with Crippen molar-refractivity contribution in [3.05, 3.63) is 58.4 Å². The van der Waals surface area contributed by atoms with Crippen LogP contribution >= 0.6 is 23.4 Å². The molecular weight excluding hydrogens is 464 g/mol. The molecule has 3 rings (SSSR count). The first-order chi connectivity index (χ1) is 15.8. The van der Waals surface area contributed by atoms with E-state index in [1.807, 2.05) is 24.7 Å². The van der Waals surface area contributed by atoms with Crippen molar-refractivity contribution < 1.29 is 19.1 Å². The summed E-state index contributed by atoms with van der Waals surface area (Å²) in [6.07, 6.45) is 1.26. The van der Waals surface area contributed by atoms with Crippen molar-refractivity contribution in [2.75, 3.05) is 18.7 Å². The highest BCUT2D eigenvalue weighted by Gasteiger charge is 2.23. The predicted octanol–water partition coefficient (Wildman–Crippen LogP) is 4.84. The number of carbonyl (C=O) groups is 2. The SMILES string of the molecule is CCC(OC(=O)c1ccc(-n2c(C)nnc2SC)cc1)C(=O)Nc1cc(C)c(Cl)cc1OC. The number of carbonyl (C=O) groups excluding carboxylic acids is 2. The van der Waals surface area contributed by atoms with E-state index in [9.17, 15) is 9.59 Å². The van der Waals surface area contributed by atoms with Crippen LogP contribution in [-0.4, -0.2) is 46.1 Å². The van der Waals surface area contributed by atoms with Gasteiger partial charge >= 0.3 is 5.97 Å². The molecule has 33 heavy (non-hydrogen) atoms. The van der Waals surface area contributed by atoms with E-state index >= 15 is 0 Å². The van der Waals surface area contributed by atoms with E-state index in [1.165, 1.54) is 18.9 Å². The smallest absolute Gasteiger partial charge is 0.338 e. The molecule has 0 radical (unpaired) electrons. The monoisotopic (exact) mass is 488 g/mol. The molecule has 1 aromatic heterocycles. The van der Waals surface area contributed by atoms with Crippen molar-refractivity contribution in [2.24, 2.45) is 0 Å². The van der Waals surface area contributed by atoms with Crippen LogP contribution in [0.2, 0.25) is 5.02 Å². The van der Waals surface area contributed by atoms with E-state index in [0.717, 1.165) is 22.2 Å². The van der Waals surface area contributed by atoms with Crippen molar-refractivity contribution in [1.29, 1.82) is 0 Å². The number of amides is 1. The second-order valence-corrected chi connectivity index (χ2v) is 8.39. The van der Waals surface area contributed by atoms with Crippen molar-refractivity contribution in [2.45, 2.75) is 38.5 Å². The number of benzene rings is 2. The molecule has 0 fully saturated rings. The molecule has 0 bridgehead atoms. The lowest BCUT2D eigenvalue weighted by molar-refractivity contribution is -0.124. The first kappa shape index (κ1) is 24.6. The van der Waals surface area contributed by atoms with E-state index in [0.29, 0.717) is 28.4 Å². The Morgan fingerprint density at radius 1 is 1.18 bits per heavy atom. The Morgan fingerprint density at radius 2 is 1.88 bits per heavy atom. The van der Waals surface area contributed by atoms with Crippen LogP contribution in [0.5, 0.6) is 5.75 Å². The molecule has 2 aromatic carbocycles. The maximum Gasteiger partial charge on any atom is 0.338 e. The standard InChI is InChI=1S/C23H25ClN4O4S/c1-6-19(21(29)25-18-11-13(2)17(24)12-20(18)31-4)32-22(30)15-7-9-16(10-8-15)28-14(3)26-27-23(28)33-5/h7-12,19H,6H2,1-5H3,(H,25,29). The normalized spacial score (nSPS) is 11.7. The number of anilines is 1. The van der Waals surface area contributed by atoms with Gasteiger partial charge in [-0.1, -0.05) is 30.3 Å². The van der Waals surface area contributed by atoms with Gasteiger partial charge in [-0.2, -0.15) is 0 Å². The molecule has 1 unspecified atom stereocenters. The number of hydrogen-bond donors (Lipinski definition) is 1. The second-order valence-electron chi connectivity index (χ2n) is 7.21. The van der Waals surface area contributed by atoms with Crippen molar-refractivity contribution >= 4 is 40.9 Å². The highest BCUT2D eigenvalue weighted by molar-refractivity contribution is 7.98. The van der Waals surface area contributed by atoms with Gasteiger partial charge in [0.1, 0.15) is 11.6 Å².